The van der Waals surface area contributed by atoms with Crippen molar-refractivity contribution >= 4 is 16.9 Å². The molecule has 0 aliphatic rings. The number of pyridine rings is 1. The van der Waals surface area contributed by atoms with Gasteiger partial charge in [0.2, 0.25) is 0 Å². The van der Waals surface area contributed by atoms with Crippen LogP contribution in [0.5, 0.6) is 5.75 Å². The lowest BCUT2D eigenvalue weighted by molar-refractivity contribution is -0.137. The summed E-state index contributed by atoms with van der Waals surface area (Å²) in [7, 11) is 0. The molecule has 0 saturated heterocycles. The average Bonchev–Trinajstić information content (AvgIpc) is 2.56. The summed E-state index contributed by atoms with van der Waals surface area (Å²) < 4.78 is 7.01. The van der Waals surface area contributed by atoms with Gasteiger partial charge in [-0.1, -0.05) is 42.5 Å². The summed E-state index contributed by atoms with van der Waals surface area (Å²) in [5, 5.41) is 9.69. The maximum Gasteiger partial charge on any atom is 0.323 e. The van der Waals surface area contributed by atoms with Crippen LogP contribution in [0.3, 0.4) is 0 Å². The zero-order valence-corrected chi connectivity index (χ0v) is 12.3. The molecule has 0 radical (unpaired) electrons. The third kappa shape index (κ3) is 3.23. The highest BCUT2D eigenvalue weighted by Gasteiger charge is 2.11. The summed E-state index contributed by atoms with van der Waals surface area (Å²) in [6.45, 7) is -0.0362. The van der Waals surface area contributed by atoms with Crippen molar-refractivity contribution in [2.45, 2.75) is 13.2 Å². The molecule has 0 unspecified atom stereocenters. The van der Waals surface area contributed by atoms with E-state index in [1.807, 2.05) is 42.5 Å². The SMILES string of the molecule is O=C(O)Cn1c(=O)cc(OCc2ccccc2)c2ccccc21. The zero-order valence-electron chi connectivity index (χ0n) is 12.3. The second kappa shape index (κ2) is 6.36. The molecule has 0 amide bonds. The fourth-order valence-corrected chi connectivity index (χ4v) is 2.46. The van der Waals surface area contributed by atoms with Crippen LogP contribution in [0, 0.1) is 0 Å². The summed E-state index contributed by atoms with van der Waals surface area (Å²) in [6.07, 6.45) is 0. The lowest BCUT2D eigenvalue weighted by Crippen LogP contribution is -2.24. The summed E-state index contributed by atoms with van der Waals surface area (Å²) in [5.74, 6) is -0.605. The summed E-state index contributed by atoms with van der Waals surface area (Å²) >= 11 is 0. The number of para-hydroxylation sites is 1. The molecule has 0 saturated carbocycles. The summed E-state index contributed by atoms with van der Waals surface area (Å²) in [4.78, 5) is 23.2. The molecule has 0 atom stereocenters. The highest BCUT2D eigenvalue weighted by atomic mass is 16.5. The van der Waals surface area contributed by atoms with Gasteiger partial charge in [-0.2, -0.15) is 0 Å². The number of ether oxygens (including phenoxy) is 1. The summed E-state index contributed by atoms with van der Waals surface area (Å²) in [5.41, 5.74) is 1.14. The third-order valence-electron chi connectivity index (χ3n) is 3.51. The average molecular weight is 309 g/mol. The van der Waals surface area contributed by atoms with Gasteiger partial charge < -0.3 is 9.84 Å². The molecule has 0 aliphatic heterocycles. The molecular formula is C18H15NO4. The second-order valence-corrected chi connectivity index (χ2v) is 5.12. The number of nitrogens with zero attached hydrogens (tertiary/aromatic N) is 1. The maximum atomic E-state index is 12.2. The van der Waals surface area contributed by atoms with Crippen molar-refractivity contribution in [3.05, 3.63) is 76.6 Å². The van der Waals surface area contributed by atoms with Crippen molar-refractivity contribution in [1.82, 2.24) is 4.57 Å². The van der Waals surface area contributed by atoms with Crippen molar-refractivity contribution in [3.63, 3.8) is 0 Å². The Labute approximate surface area is 132 Å². The van der Waals surface area contributed by atoms with Crippen LogP contribution < -0.4 is 10.3 Å². The molecule has 1 N–H and O–H groups in total. The van der Waals surface area contributed by atoms with Crippen LogP contribution in [0.15, 0.2) is 65.5 Å². The van der Waals surface area contributed by atoms with E-state index in [0.29, 0.717) is 23.3 Å². The number of hydrogen-bond donors (Lipinski definition) is 1. The van der Waals surface area contributed by atoms with Crippen LogP contribution in [0.4, 0.5) is 0 Å². The normalized spacial score (nSPS) is 10.6. The molecule has 0 spiro atoms. The van der Waals surface area contributed by atoms with Gasteiger partial charge >= 0.3 is 5.97 Å². The molecule has 23 heavy (non-hydrogen) atoms. The number of fused-ring (bicyclic) bond motifs is 1. The first-order valence-corrected chi connectivity index (χ1v) is 7.16. The Morgan fingerprint density at radius 1 is 1.04 bits per heavy atom. The van der Waals surface area contributed by atoms with Crippen molar-refractivity contribution in [3.8, 4) is 5.75 Å². The van der Waals surface area contributed by atoms with Crippen LogP contribution in [-0.4, -0.2) is 15.6 Å². The predicted molar refractivity (Wildman–Crippen MR) is 86.6 cm³/mol. The minimum Gasteiger partial charge on any atom is -0.488 e. The number of hydrogen-bond acceptors (Lipinski definition) is 3. The molecule has 5 heteroatoms. The zero-order chi connectivity index (χ0) is 16.2. The first kappa shape index (κ1) is 14.8. The quantitative estimate of drug-likeness (QED) is 0.786. The minimum atomic E-state index is -1.06. The van der Waals surface area contributed by atoms with Gasteiger partial charge in [-0.3, -0.25) is 14.2 Å². The Bertz CT molecular complexity index is 900. The van der Waals surface area contributed by atoms with Gasteiger partial charge in [0, 0.05) is 11.5 Å². The topological polar surface area (TPSA) is 68.5 Å². The maximum absolute atomic E-state index is 12.2. The number of carboxylic acids is 1. The van der Waals surface area contributed by atoms with Gasteiger partial charge in [0.05, 0.1) is 5.52 Å². The van der Waals surface area contributed by atoms with Gasteiger partial charge in [-0.05, 0) is 17.7 Å². The van der Waals surface area contributed by atoms with Crippen molar-refractivity contribution in [1.29, 1.82) is 0 Å². The largest absolute Gasteiger partial charge is 0.488 e. The summed E-state index contributed by atoms with van der Waals surface area (Å²) in [6, 6.07) is 18.1. The Morgan fingerprint density at radius 3 is 2.48 bits per heavy atom. The molecule has 3 aromatic rings. The fourth-order valence-electron chi connectivity index (χ4n) is 2.46. The number of aliphatic carboxylic acids is 1. The van der Waals surface area contributed by atoms with Gasteiger partial charge in [0.25, 0.3) is 5.56 Å². The number of benzene rings is 2. The Morgan fingerprint density at radius 2 is 1.74 bits per heavy atom. The molecule has 1 heterocycles. The molecule has 2 aromatic carbocycles. The molecule has 5 nitrogen and oxygen atoms in total. The number of aromatic nitrogens is 1. The van der Waals surface area contributed by atoms with E-state index in [1.54, 1.807) is 12.1 Å². The van der Waals surface area contributed by atoms with Crippen molar-refractivity contribution in [2.24, 2.45) is 0 Å². The lowest BCUT2D eigenvalue weighted by Gasteiger charge is -2.13. The van der Waals surface area contributed by atoms with Crippen LogP contribution in [0.1, 0.15) is 5.56 Å². The molecule has 1 aromatic heterocycles. The van der Waals surface area contributed by atoms with Gasteiger partial charge in [-0.15, -0.1) is 0 Å². The second-order valence-electron chi connectivity index (χ2n) is 5.12. The first-order valence-electron chi connectivity index (χ1n) is 7.16. The van der Waals surface area contributed by atoms with E-state index in [1.165, 1.54) is 10.6 Å². The van der Waals surface area contributed by atoms with E-state index in [0.717, 1.165) is 5.56 Å². The Kier molecular flexibility index (Phi) is 4.10. The van der Waals surface area contributed by atoms with Crippen LogP contribution >= 0.6 is 0 Å². The monoisotopic (exact) mass is 309 g/mol. The Hall–Kier alpha value is -3.08. The number of rotatable bonds is 5. The number of carbonyl (C=O) groups is 1. The first-order chi connectivity index (χ1) is 11.1. The lowest BCUT2D eigenvalue weighted by atomic mass is 10.2. The van der Waals surface area contributed by atoms with E-state index >= 15 is 0 Å². The molecule has 0 bridgehead atoms. The van der Waals surface area contributed by atoms with Crippen LogP contribution in [0.25, 0.3) is 10.9 Å². The number of carboxylic acid groups (broad SMARTS) is 1. The van der Waals surface area contributed by atoms with E-state index in [-0.39, 0.29) is 6.54 Å². The highest BCUT2D eigenvalue weighted by Crippen LogP contribution is 2.24. The van der Waals surface area contributed by atoms with E-state index < -0.39 is 11.5 Å². The molecule has 0 aliphatic carbocycles. The van der Waals surface area contributed by atoms with Gasteiger partial charge in [-0.25, -0.2) is 0 Å². The van der Waals surface area contributed by atoms with E-state index in [4.69, 9.17) is 9.84 Å². The standard InChI is InChI=1S/C18H15NO4/c20-17-10-16(23-12-13-6-2-1-3-7-13)14-8-4-5-9-15(14)19(17)11-18(21)22/h1-10H,11-12H2,(H,21,22). The third-order valence-corrected chi connectivity index (χ3v) is 3.51. The molecule has 116 valence electrons. The predicted octanol–water partition coefficient (Wildman–Crippen LogP) is 2.67. The fraction of sp³-hybridized carbons (Fsp3) is 0.111. The van der Waals surface area contributed by atoms with Crippen molar-refractivity contribution < 1.29 is 14.6 Å². The van der Waals surface area contributed by atoms with Crippen molar-refractivity contribution in [2.75, 3.05) is 0 Å². The smallest absolute Gasteiger partial charge is 0.323 e. The van der Waals surface area contributed by atoms with Gasteiger partial charge in [0.1, 0.15) is 18.9 Å². The molecule has 3 rings (SSSR count). The van der Waals surface area contributed by atoms with E-state index in [2.05, 4.69) is 0 Å². The van der Waals surface area contributed by atoms with Crippen LogP contribution in [0.2, 0.25) is 0 Å². The van der Waals surface area contributed by atoms with E-state index in [9.17, 15) is 9.59 Å². The minimum absolute atomic E-state index is 0.340. The van der Waals surface area contributed by atoms with Gasteiger partial charge in [0.15, 0.2) is 0 Å². The Balaban J connectivity index is 2.01. The molecule has 0 fully saturated rings. The van der Waals surface area contributed by atoms with Crippen LogP contribution in [-0.2, 0) is 17.9 Å². The highest BCUT2D eigenvalue weighted by molar-refractivity contribution is 5.86. The molecular weight excluding hydrogens is 294 g/mol.